The van der Waals surface area contributed by atoms with Crippen LogP contribution in [0.4, 0.5) is 5.82 Å². The molecule has 0 N–H and O–H groups in total. The van der Waals surface area contributed by atoms with Gasteiger partial charge in [-0.15, -0.1) is 16.7 Å². The number of anilines is 1. The van der Waals surface area contributed by atoms with Crippen molar-refractivity contribution in [2.45, 2.75) is 38.6 Å². The average Bonchev–Trinajstić information content (AvgIpc) is 2.30. The highest BCUT2D eigenvalue weighted by molar-refractivity contribution is 6.16. The van der Waals surface area contributed by atoms with E-state index < -0.39 is 0 Å². The third kappa shape index (κ3) is 3.06. The van der Waals surface area contributed by atoms with Gasteiger partial charge in [0.25, 0.3) is 0 Å². The molecule has 1 heterocycles. The highest BCUT2D eigenvalue weighted by Crippen LogP contribution is 2.15. The van der Waals surface area contributed by atoms with Crippen LogP contribution in [-0.4, -0.2) is 23.3 Å². The van der Waals surface area contributed by atoms with Gasteiger partial charge in [-0.25, -0.2) is 0 Å². The number of nitrogens with zero attached hydrogens (tertiary/aromatic N) is 3. The molecule has 1 aromatic heterocycles. The summed E-state index contributed by atoms with van der Waals surface area (Å²) in [5, 5.41) is 8.20. The zero-order valence-electron chi connectivity index (χ0n) is 9.57. The van der Waals surface area contributed by atoms with Gasteiger partial charge < -0.3 is 4.90 Å². The minimum Gasteiger partial charge on any atom is -0.355 e. The number of aromatic nitrogens is 2. The molecular weight excluding hydrogens is 210 g/mol. The lowest BCUT2D eigenvalue weighted by molar-refractivity contribution is 0.584. The maximum Gasteiger partial charge on any atom is 0.151 e. The number of hydrogen-bond acceptors (Lipinski definition) is 3. The summed E-state index contributed by atoms with van der Waals surface area (Å²) in [5.74, 6) is 1.33. The van der Waals surface area contributed by atoms with Gasteiger partial charge in [0.15, 0.2) is 5.82 Å². The van der Waals surface area contributed by atoms with E-state index in [0.717, 1.165) is 24.4 Å². The first-order chi connectivity index (χ1) is 7.22. The van der Waals surface area contributed by atoms with Crippen molar-refractivity contribution >= 4 is 17.4 Å². The van der Waals surface area contributed by atoms with Crippen molar-refractivity contribution in [1.82, 2.24) is 10.2 Å². The molecule has 0 bridgehead atoms. The van der Waals surface area contributed by atoms with Gasteiger partial charge in [0.05, 0.1) is 11.6 Å². The Bertz CT molecular complexity index is 282. The smallest absolute Gasteiger partial charge is 0.151 e. The van der Waals surface area contributed by atoms with Crippen LogP contribution in [0.3, 0.4) is 0 Å². The molecule has 0 aliphatic heterocycles. The molecule has 1 aromatic rings. The number of halogens is 1. The fraction of sp³-hybridized carbons (Fsp3) is 0.636. The van der Waals surface area contributed by atoms with Crippen LogP contribution >= 0.6 is 11.6 Å². The molecule has 0 radical (unpaired) electrons. The molecule has 0 aromatic carbocycles. The summed E-state index contributed by atoms with van der Waals surface area (Å²) in [7, 11) is 2.06. The van der Waals surface area contributed by atoms with Crippen molar-refractivity contribution in [3.8, 4) is 0 Å². The molecule has 0 spiro atoms. The predicted molar refractivity (Wildman–Crippen MR) is 64.4 cm³/mol. The van der Waals surface area contributed by atoms with Crippen LogP contribution in [0, 0.1) is 0 Å². The fourth-order valence-corrected chi connectivity index (χ4v) is 1.78. The van der Waals surface area contributed by atoms with Gasteiger partial charge in [0.1, 0.15) is 0 Å². The Morgan fingerprint density at radius 2 is 1.93 bits per heavy atom. The van der Waals surface area contributed by atoms with E-state index in [1.165, 1.54) is 0 Å². The summed E-state index contributed by atoms with van der Waals surface area (Å²) >= 11 is 5.66. The molecule has 0 fully saturated rings. The van der Waals surface area contributed by atoms with E-state index in [1.807, 2.05) is 12.1 Å². The van der Waals surface area contributed by atoms with Crippen molar-refractivity contribution in [2.24, 2.45) is 0 Å². The monoisotopic (exact) mass is 227 g/mol. The number of rotatable bonds is 5. The molecule has 15 heavy (non-hydrogen) atoms. The lowest BCUT2D eigenvalue weighted by Crippen LogP contribution is -2.31. The van der Waals surface area contributed by atoms with Gasteiger partial charge in [-0.1, -0.05) is 13.8 Å². The molecule has 0 saturated carbocycles. The highest BCUT2D eigenvalue weighted by Gasteiger charge is 2.12. The standard InChI is InChI=1S/C11H18ClN3/c1-4-10(5-2)15(3)11-7-6-9(8-12)13-14-11/h6-7,10H,4-5,8H2,1-3H3. The molecule has 0 aliphatic carbocycles. The first kappa shape index (κ1) is 12.2. The minimum atomic E-state index is 0.419. The third-order valence-corrected chi connectivity index (χ3v) is 2.97. The summed E-state index contributed by atoms with van der Waals surface area (Å²) in [6, 6.07) is 4.43. The van der Waals surface area contributed by atoms with Crippen LogP contribution < -0.4 is 4.90 Å². The average molecular weight is 228 g/mol. The molecule has 84 valence electrons. The Hall–Kier alpha value is -0.830. The summed E-state index contributed by atoms with van der Waals surface area (Å²) in [5.41, 5.74) is 0.818. The SMILES string of the molecule is CCC(CC)N(C)c1ccc(CCl)nn1. The summed E-state index contributed by atoms with van der Waals surface area (Å²) in [6.07, 6.45) is 2.23. The van der Waals surface area contributed by atoms with Crippen molar-refractivity contribution in [2.75, 3.05) is 11.9 Å². The Labute approximate surface area is 96.5 Å². The normalized spacial score (nSPS) is 10.7. The molecule has 4 heteroatoms. The van der Waals surface area contributed by atoms with Gasteiger partial charge in [-0.3, -0.25) is 0 Å². The molecule has 1 rings (SSSR count). The number of hydrogen-bond donors (Lipinski definition) is 0. The first-order valence-electron chi connectivity index (χ1n) is 5.34. The summed E-state index contributed by atoms with van der Waals surface area (Å²) < 4.78 is 0. The zero-order valence-corrected chi connectivity index (χ0v) is 10.3. The lowest BCUT2D eigenvalue weighted by atomic mass is 10.1. The van der Waals surface area contributed by atoms with Gasteiger partial charge in [0, 0.05) is 13.1 Å². The second-order valence-electron chi connectivity index (χ2n) is 3.60. The van der Waals surface area contributed by atoms with Crippen LogP contribution in [-0.2, 0) is 5.88 Å². The third-order valence-electron chi connectivity index (χ3n) is 2.69. The molecule has 0 saturated heterocycles. The summed E-state index contributed by atoms with van der Waals surface area (Å²) in [4.78, 5) is 2.17. The van der Waals surface area contributed by atoms with E-state index in [4.69, 9.17) is 11.6 Å². The topological polar surface area (TPSA) is 29.0 Å². The second kappa shape index (κ2) is 5.91. The van der Waals surface area contributed by atoms with Crippen LogP contribution in [0.25, 0.3) is 0 Å². The van der Waals surface area contributed by atoms with Gasteiger partial charge in [-0.2, -0.15) is 5.10 Å². The van der Waals surface area contributed by atoms with Crippen LogP contribution in [0.2, 0.25) is 0 Å². The molecule has 0 atom stereocenters. The van der Waals surface area contributed by atoms with Crippen molar-refractivity contribution in [1.29, 1.82) is 0 Å². The lowest BCUT2D eigenvalue weighted by Gasteiger charge is -2.26. The van der Waals surface area contributed by atoms with Gasteiger partial charge >= 0.3 is 0 Å². The fourth-order valence-electron chi connectivity index (χ4n) is 1.64. The van der Waals surface area contributed by atoms with E-state index in [1.54, 1.807) is 0 Å². The van der Waals surface area contributed by atoms with Crippen LogP contribution in [0.5, 0.6) is 0 Å². The Kier molecular flexibility index (Phi) is 4.82. The second-order valence-corrected chi connectivity index (χ2v) is 3.86. The zero-order chi connectivity index (χ0) is 11.3. The number of alkyl halides is 1. The summed E-state index contributed by atoms with van der Waals surface area (Å²) in [6.45, 7) is 4.37. The minimum absolute atomic E-state index is 0.419. The quantitative estimate of drug-likeness (QED) is 0.725. The predicted octanol–water partition coefficient (Wildman–Crippen LogP) is 2.84. The van der Waals surface area contributed by atoms with E-state index in [2.05, 4.69) is 36.0 Å². The Morgan fingerprint density at radius 1 is 1.27 bits per heavy atom. The Balaban J connectivity index is 2.76. The van der Waals surface area contributed by atoms with E-state index in [0.29, 0.717) is 11.9 Å². The largest absolute Gasteiger partial charge is 0.355 e. The van der Waals surface area contributed by atoms with E-state index in [-0.39, 0.29) is 0 Å². The van der Waals surface area contributed by atoms with Crippen molar-refractivity contribution < 1.29 is 0 Å². The van der Waals surface area contributed by atoms with Crippen LogP contribution in [0.1, 0.15) is 32.4 Å². The molecular formula is C11H18ClN3. The van der Waals surface area contributed by atoms with Crippen molar-refractivity contribution in [3.05, 3.63) is 17.8 Å². The first-order valence-corrected chi connectivity index (χ1v) is 5.87. The highest BCUT2D eigenvalue weighted by atomic mass is 35.5. The van der Waals surface area contributed by atoms with Gasteiger partial charge in [-0.05, 0) is 25.0 Å². The maximum absolute atomic E-state index is 5.66. The Morgan fingerprint density at radius 3 is 2.33 bits per heavy atom. The molecule has 0 unspecified atom stereocenters. The van der Waals surface area contributed by atoms with E-state index in [9.17, 15) is 0 Å². The van der Waals surface area contributed by atoms with E-state index >= 15 is 0 Å². The van der Waals surface area contributed by atoms with Gasteiger partial charge in [0.2, 0.25) is 0 Å². The molecule has 0 aliphatic rings. The maximum atomic E-state index is 5.66. The van der Waals surface area contributed by atoms with Crippen molar-refractivity contribution in [3.63, 3.8) is 0 Å². The molecule has 0 amide bonds. The molecule has 3 nitrogen and oxygen atoms in total. The van der Waals surface area contributed by atoms with Crippen LogP contribution in [0.15, 0.2) is 12.1 Å².